The Bertz CT molecular complexity index is 302. The standard InChI is InChI=1S/C6H10N2O2S/c1-11(10)5-4-8-3-2-7-6(8)9/h2-3H,4-5H2,1H3,(H,7,9). The monoisotopic (exact) mass is 174 g/mol. The summed E-state index contributed by atoms with van der Waals surface area (Å²) in [6, 6.07) is 0. The maximum atomic E-state index is 10.8. The Morgan fingerprint density at radius 2 is 2.45 bits per heavy atom. The first-order valence-corrected chi connectivity index (χ1v) is 4.96. The Balaban J connectivity index is 2.58. The highest BCUT2D eigenvalue weighted by Gasteiger charge is 1.95. The summed E-state index contributed by atoms with van der Waals surface area (Å²) in [4.78, 5) is 13.3. The lowest BCUT2D eigenvalue weighted by Gasteiger charge is -1.96. The molecule has 1 heterocycles. The van der Waals surface area contributed by atoms with Crippen molar-refractivity contribution in [3.63, 3.8) is 0 Å². The van der Waals surface area contributed by atoms with E-state index in [0.29, 0.717) is 12.3 Å². The predicted octanol–water partition coefficient (Wildman–Crippen LogP) is -0.445. The molecule has 1 N–H and O–H groups in total. The number of aromatic nitrogens is 2. The number of aryl methyl sites for hydroxylation is 1. The normalized spacial score (nSPS) is 13.2. The first-order valence-electron chi connectivity index (χ1n) is 3.24. The second kappa shape index (κ2) is 3.52. The van der Waals surface area contributed by atoms with Crippen molar-refractivity contribution in [1.29, 1.82) is 0 Å². The molecule has 1 rings (SSSR count). The number of hydrogen-bond donors (Lipinski definition) is 1. The van der Waals surface area contributed by atoms with Crippen LogP contribution in [0.15, 0.2) is 17.2 Å². The molecular weight excluding hydrogens is 164 g/mol. The van der Waals surface area contributed by atoms with Crippen molar-refractivity contribution in [1.82, 2.24) is 9.55 Å². The maximum absolute atomic E-state index is 10.8. The van der Waals surface area contributed by atoms with Gasteiger partial charge in [-0.25, -0.2) is 4.79 Å². The zero-order valence-electron chi connectivity index (χ0n) is 6.24. The van der Waals surface area contributed by atoms with E-state index in [4.69, 9.17) is 0 Å². The molecule has 0 aliphatic rings. The summed E-state index contributed by atoms with van der Waals surface area (Å²) in [6.45, 7) is 0.519. The lowest BCUT2D eigenvalue weighted by Crippen LogP contribution is -2.19. The van der Waals surface area contributed by atoms with E-state index < -0.39 is 10.8 Å². The molecule has 1 unspecified atom stereocenters. The van der Waals surface area contributed by atoms with Crippen LogP contribution in [0.5, 0.6) is 0 Å². The number of hydrogen-bond acceptors (Lipinski definition) is 2. The second-order valence-corrected chi connectivity index (χ2v) is 3.79. The van der Waals surface area contributed by atoms with Gasteiger partial charge in [-0.3, -0.25) is 8.78 Å². The lowest BCUT2D eigenvalue weighted by atomic mass is 10.7. The van der Waals surface area contributed by atoms with Crippen LogP contribution in [0, 0.1) is 0 Å². The molecule has 0 amide bonds. The number of rotatable bonds is 3. The second-order valence-electron chi connectivity index (χ2n) is 2.24. The first kappa shape index (κ1) is 8.26. The largest absolute Gasteiger partial charge is 0.325 e. The Hall–Kier alpha value is -0.840. The summed E-state index contributed by atoms with van der Waals surface area (Å²) in [7, 11) is -0.832. The van der Waals surface area contributed by atoms with Crippen LogP contribution >= 0.6 is 0 Å². The highest BCUT2D eigenvalue weighted by atomic mass is 32.2. The molecule has 1 aromatic heterocycles. The minimum Gasteiger partial charge on any atom is -0.313 e. The molecule has 62 valence electrons. The number of nitrogens with one attached hydrogen (secondary N) is 1. The van der Waals surface area contributed by atoms with Crippen molar-refractivity contribution < 1.29 is 4.21 Å². The van der Waals surface area contributed by atoms with Gasteiger partial charge in [0, 0.05) is 41.7 Å². The topological polar surface area (TPSA) is 54.9 Å². The number of imidazole rings is 1. The molecular formula is C6H10N2O2S. The molecule has 4 nitrogen and oxygen atoms in total. The average molecular weight is 174 g/mol. The van der Waals surface area contributed by atoms with Crippen LogP contribution in [0.1, 0.15) is 0 Å². The van der Waals surface area contributed by atoms with E-state index in [9.17, 15) is 9.00 Å². The highest BCUT2D eigenvalue weighted by molar-refractivity contribution is 7.84. The van der Waals surface area contributed by atoms with E-state index in [0.717, 1.165) is 0 Å². The number of aromatic amines is 1. The van der Waals surface area contributed by atoms with Crippen LogP contribution in [-0.4, -0.2) is 25.8 Å². The van der Waals surface area contributed by atoms with Gasteiger partial charge < -0.3 is 4.98 Å². The number of H-pyrrole nitrogens is 1. The first-order chi connectivity index (χ1) is 5.20. The van der Waals surface area contributed by atoms with E-state index in [1.807, 2.05) is 0 Å². The van der Waals surface area contributed by atoms with Gasteiger partial charge in [0.15, 0.2) is 0 Å². The van der Waals surface area contributed by atoms with Crippen molar-refractivity contribution in [2.24, 2.45) is 0 Å². The van der Waals surface area contributed by atoms with Gasteiger partial charge in [0.05, 0.1) is 0 Å². The van der Waals surface area contributed by atoms with Gasteiger partial charge in [-0.05, 0) is 0 Å². The van der Waals surface area contributed by atoms with Gasteiger partial charge >= 0.3 is 5.69 Å². The quantitative estimate of drug-likeness (QED) is 0.675. The van der Waals surface area contributed by atoms with Crippen molar-refractivity contribution >= 4 is 10.8 Å². The smallest absolute Gasteiger partial charge is 0.313 e. The fourth-order valence-electron chi connectivity index (χ4n) is 0.752. The highest BCUT2D eigenvalue weighted by Crippen LogP contribution is 1.81. The fourth-order valence-corrected chi connectivity index (χ4v) is 1.21. The molecule has 0 aliphatic carbocycles. The summed E-state index contributed by atoms with van der Waals surface area (Å²) >= 11 is 0. The van der Waals surface area contributed by atoms with Crippen LogP contribution in [0.3, 0.4) is 0 Å². The third-order valence-corrected chi connectivity index (χ3v) is 2.10. The van der Waals surface area contributed by atoms with Gasteiger partial charge in [-0.2, -0.15) is 0 Å². The van der Waals surface area contributed by atoms with Crippen LogP contribution in [-0.2, 0) is 17.3 Å². The molecule has 5 heteroatoms. The van der Waals surface area contributed by atoms with Gasteiger partial charge in [-0.1, -0.05) is 0 Å². The maximum Gasteiger partial charge on any atom is 0.325 e. The Morgan fingerprint density at radius 1 is 1.73 bits per heavy atom. The van der Waals surface area contributed by atoms with Crippen molar-refractivity contribution in [2.45, 2.75) is 6.54 Å². The van der Waals surface area contributed by atoms with E-state index >= 15 is 0 Å². The minimum absolute atomic E-state index is 0.143. The Labute approximate surface area is 66.7 Å². The summed E-state index contributed by atoms with van der Waals surface area (Å²) in [5, 5.41) is 0. The van der Waals surface area contributed by atoms with E-state index in [1.54, 1.807) is 18.6 Å². The third-order valence-electron chi connectivity index (χ3n) is 1.34. The van der Waals surface area contributed by atoms with Gasteiger partial charge in [0.1, 0.15) is 0 Å². The van der Waals surface area contributed by atoms with E-state index in [1.165, 1.54) is 4.57 Å². The molecule has 0 saturated carbocycles. The molecule has 0 radical (unpaired) electrons. The van der Waals surface area contributed by atoms with Crippen LogP contribution in [0.2, 0.25) is 0 Å². The average Bonchev–Trinajstić information content (AvgIpc) is 2.31. The summed E-state index contributed by atoms with van der Waals surface area (Å²) in [5.74, 6) is 0.526. The molecule has 1 aromatic rings. The number of nitrogens with zero attached hydrogens (tertiary/aromatic N) is 1. The predicted molar refractivity (Wildman–Crippen MR) is 44.0 cm³/mol. The zero-order valence-corrected chi connectivity index (χ0v) is 7.06. The molecule has 1 atom stereocenters. The molecule has 0 aromatic carbocycles. The SMILES string of the molecule is CS(=O)CCn1cc[nH]c1=O. The van der Waals surface area contributed by atoms with Gasteiger partial charge in [-0.15, -0.1) is 0 Å². The van der Waals surface area contributed by atoms with Crippen molar-refractivity contribution in [2.75, 3.05) is 12.0 Å². The third kappa shape index (κ3) is 2.34. The summed E-state index contributed by atoms with van der Waals surface area (Å²) < 4.78 is 12.1. The molecule has 0 fully saturated rings. The van der Waals surface area contributed by atoms with E-state index in [2.05, 4.69) is 4.98 Å². The van der Waals surface area contributed by atoms with Gasteiger partial charge in [0.25, 0.3) is 0 Å². The van der Waals surface area contributed by atoms with Gasteiger partial charge in [0.2, 0.25) is 0 Å². The molecule has 0 saturated heterocycles. The van der Waals surface area contributed by atoms with Crippen LogP contribution < -0.4 is 5.69 Å². The fraction of sp³-hybridized carbons (Fsp3) is 0.500. The summed E-state index contributed by atoms with van der Waals surface area (Å²) in [5.41, 5.74) is -0.143. The van der Waals surface area contributed by atoms with Crippen LogP contribution in [0.4, 0.5) is 0 Å². The molecule has 0 spiro atoms. The van der Waals surface area contributed by atoms with Crippen LogP contribution in [0.25, 0.3) is 0 Å². The zero-order chi connectivity index (χ0) is 8.27. The van der Waals surface area contributed by atoms with Crippen molar-refractivity contribution in [3.8, 4) is 0 Å². The Kier molecular flexibility index (Phi) is 2.64. The van der Waals surface area contributed by atoms with E-state index in [-0.39, 0.29) is 5.69 Å². The molecule has 0 bridgehead atoms. The lowest BCUT2D eigenvalue weighted by molar-refractivity contribution is 0.673. The Morgan fingerprint density at radius 3 is 2.91 bits per heavy atom. The minimum atomic E-state index is -0.832. The summed E-state index contributed by atoms with van der Waals surface area (Å²) in [6.07, 6.45) is 4.84. The molecule has 0 aliphatic heterocycles. The molecule has 11 heavy (non-hydrogen) atoms. The van der Waals surface area contributed by atoms with Crippen molar-refractivity contribution in [3.05, 3.63) is 22.9 Å².